The lowest BCUT2D eigenvalue weighted by atomic mass is 10.0. The van der Waals surface area contributed by atoms with E-state index in [-0.39, 0.29) is 12.5 Å². The van der Waals surface area contributed by atoms with Gasteiger partial charge in [-0.15, -0.1) is 0 Å². The third-order valence-corrected chi connectivity index (χ3v) is 2.96. The van der Waals surface area contributed by atoms with Crippen LogP contribution in [0.25, 0.3) is 0 Å². The van der Waals surface area contributed by atoms with Gasteiger partial charge < -0.3 is 15.1 Å². The monoisotopic (exact) mass is 251 g/mol. The molecule has 1 aromatic carbocycles. The molecular formula is C14H21NO3. The Morgan fingerprint density at radius 2 is 1.89 bits per heavy atom. The second-order valence-corrected chi connectivity index (χ2v) is 4.18. The zero-order valence-electron chi connectivity index (χ0n) is 11.0. The van der Waals surface area contributed by atoms with E-state index in [9.17, 15) is 9.90 Å². The van der Waals surface area contributed by atoms with Crippen LogP contribution in [-0.4, -0.2) is 46.8 Å². The summed E-state index contributed by atoms with van der Waals surface area (Å²) in [6.45, 7) is 4.89. The summed E-state index contributed by atoms with van der Waals surface area (Å²) in [7, 11) is 0. The van der Waals surface area contributed by atoms with E-state index >= 15 is 0 Å². The van der Waals surface area contributed by atoms with E-state index in [2.05, 4.69) is 0 Å². The predicted octanol–water partition coefficient (Wildman–Crippen LogP) is 1.06. The maximum atomic E-state index is 12.3. The molecule has 0 unspecified atom stereocenters. The fraction of sp³-hybridized carbons (Fsp3) is 0.500. The van der Waals surface area contributed by atoms with Crippen molar-refractivity contribution in [1.29, 1.82) is 0 Å². The highest BCUT2D eigenvalue weighted by Gasteiger charge is 2.17. The van der Waals surface area contributed by atoms with E-state index in [0.717, 1.165) is 5.56 Å². The van der Waals surface area contributed by atoms with Crippen molar-refractivity contribution in [3.63, 3.8) is 0 Å². The van der Waals surface area contributed by atoms with Crippen molar-refractivity contribution in [3.8, 4) is 0 Å². The van der Waals surface area contributed by atoms with Gasteiger partial charge in [0.15, 0.2) is 0 Å². The van der Waals surface area contributed by atoms with Gasteiger partial charge in [0, 0.05) is 25.1 Å². The first kappa shape index (κ1) is 14.7. The van der Waals surface area contributed by atoms with Crippen molar-refractivity contribution in [3.05, 3.63) is 35.4 Å². The van der Waals surface area contributed by atoms with Crippen LogP contribution < -0.4 is 0 Å². The lowest BCUT2D eigenvalue weighted by Gasteiger charge is -2.21. The molecule has 0 bridgehead atoms. The number of carbonyl (C=O) groups excluding carboxylic acids is 1. The van der Waals surface area contributed by atoms with E-state index < -0.39 is 6.10 Å². The number of benzene rings is 1. The number of nitrogens with zero attached hydrogens (tertiary/aromatic N) is 1. The first-order valence-corrected chi connectivity index (χ1v) is 6.30. The first-order chi connectivity index (χ1) is 8.63. The van der Waals surface area contributed by atoms with Crippen molar-refractivity contribution in [2.45, 2.75) is 26.4 Å². The third kappa shape index (κ3) is 3.55. The molecule has 1 aromatic rings. The molecule has 100 valence electrons. The molecule has 0 aliphatic carbocycles. The minimum Gasteiger partial charge on any atom is -0.394 e. The summed E-state index contributed by atoms with van der Waals surface area (Å²) in [6, 6.07) is 7.22. The molecule has 0 saturated heterocycles. The summed E-state index contributed by atoms with van der Waals surface area (Å²) in [5, 5.41) is 18.4. The average molecular weight is 251 g/mol. The molecule has 0 spiro atoms. The lowest BCUT2D eigenvalue weighted by molar-refractivity contribution is 0.0766. The topological polar surface area (TPSA) is 60.8 Å². The molecular weight excluding hydrogens is 230 g/mol. The Bertz CT molecular complexity index is 388. The summed E-state index contributed by atoms with van der Waals surface area (Å²) < 4.78 is 0. The van der Waals surface area contributed by atoms with Crippen LogP contribution in [-0.2, 0) is 6.42 Å². The van der Waals surface area contributed by atoms with E-state index in [1.165, 1.54) is 0 Å². The second kappa shape index (κ2) is 7.13. The van der Waals surface area contributed by atoms with Crippen molar-refractivity contribution in [2.75, 3.05) is 19.7 Å². The highest BCUT2D eigenvalue weighted by atomic mass is 16.3. The molecule has 0 saturated carbocycles. The summed E-state index contributed by atoms with van der Waals surface area (Å²) >= 11 is 0. The molecule has 0 aliphatic rings. The SMILES string of the molecule is CCN(CC)C(=O)c1ccccc1C[C@@H](O)CO. The molecule has 1 rings (SSSR count). The van der Waals surface area contributed by atoms with Crippen LogP contribution in [0.3, 0.4) is 0 Å². The number of hydrogen-bond donors (Lipinski definition) is 2. The molecule has 1 atom stereocenters. The van der Waals surface area contributed by atoms with Crippen molar-refractivity contribution in [1.82, 2.24) is 4.90 Å². The van der Waals surface area contributed by atoms with E-state index in [1.807, 2.05) is 32.0 Å². The molecule has 2 N–H and O–H groups in total. The normalized spacial score (nSPS) is 12.2. The standard InChI is InChI=1S/C14H21NO3/c1-3-15(4-2)14(18)13-8-6-5-7-11(13)9-12(17)10-16/h5-8,12,16-17H,3-4,9-10H2,1-2H3/t12-/m1/s1. The highest BCUT2D eigenvalue weighted by Crippen LogP contribution is 2.14. The number of rotatable bonds is 6. The Morgan fingerprint density at radius 1 is 1.28 bits per heavy atom. The Morgan fingerprint density at radius 3 is 2.44 bits per heavy atom. The quantitative estimate of drug-likeness (QED) is 0.795. The molecule has 0 radical (unpaired) electrons. The zero-order chi connectivity index (χ0) is 13.5. The van der Waals surface area contributed by atoms with Crippen molar-refractivity contribution >= 4 is 5.91 Å². The van der Waals surface area contributed by atoms with E-state index in [4.69, 9.17) is 5.11 Å². The van der Waals surface area contributed by atoms with Crippen LogP contribution in [0.5, 0.6) is 0 Å². The predicted molar refractivity (Wildman–Crippen MR) is 70.5 cm³/mol. The van der Waals surface area contributed by atoms with Gasteiger partial charge >= 0.3 is 0 Å². The molecule has 0 heterocycles. The summed E-state index contributed by atoms with van der Waals surface area (Å²) in [5.41, 5.74) is 1.38. The van der Waals surface area contributed by atoms with Crippen LogP contribution in [0.1, 0.15) is 29.8 Å². The summed E-state index contributed by atoms with van der Waals surface area (Å²) in [5.74, 6) is -0.0271. The van der Waals surface area contributed by atoms with Crippen LogP contribution in [0.2, 0.25) is 0 Å². The number of amides is 1. The molecule has 18 heavy (non-hydrogen) atoms. The first-order valence-electron chi connectivity index (χ1n) is 6.30. The smallest absolute Gasteiger partial charge is 0.254 e. The van der Waals surface area contributed by atoms with Gasteiger partial charge in [-0.05, 0) is 25.5 Å². The van der Waals surface area contributed by atoms with Gasteiger partial charge in [0.1, 0.15) is 0 Å². The number of hydrogen-bond acceptors (Lipinski definition) is 3. The lowest BCUT2D eigenvalue weighted by Crippen LogP contribution is -2.31. The Hall–Kier alpha value is -1.39. The van der Waals surface area contributed by atoms with Gasteiger partial charge in [-0.25, -0.2) is 0 Å². The van der Waals surface area contributed by atoms with Gasteiger partial charge in [-0.2, -0.15) is 0 Å². The van der Waals surface area contributed by atoms with Gasteiger partial charge in [-0.3, -0.25) is 4.79 Å². The van der Waals surface area contributed by atoms with Crippen LogP contribution in [0.15, 0.2) is 24.3 Å². The minimum absolute atomic E-state index is 0.0271. The van der Waals surface area contributed by atoms with Crippen LogP contribution in [0, 0.1) is 0 Å². The van der Waals surface area contributed by atoms with Gasteiger partial charge in [0.05, 0.1) is 12.7 Å². The number of aliphatic hydroxyl groups is 2. The Kier molecular flexibility index (Phi) is 5.82. The third-order valence-electron chi connectivity index (χ3n) is 2.96. The van der Waals surface area contributed by atoms with Gasteiger partial charge in [-0.1, -0.05) is 18.2 Å². The molecule has 4 nitrogen and oxygen atoms in total. The van der Waals surface area contributed by atoms with Gasteiger partial charge in [0.2, 0.25) is 0 Å². The fourth-order valence-corrected chi connectivity index (χ4v) is 1.91. The Labute approximate surface area is 108 Å². The molecule has 0 aliphatic heterocycles. The van der Waals surface area contributed by atoms with Gasteiger partial charge in [0.25, 0.3) is 5.91 Å². The fourth-order valence-electron chi connectivity index (χ4n) is 1.91. The second-order valence-electron chi connectivity index (χ2n) is 4.18. The summed E-state index contributed by atoms with van der Waals surface area (Å²) in [6.07, 6.45) is -0.532. The van der Waals surface area contributed by atoms with E-state index in [1.54, 1.807) is 11.0 Å². The maximum Gasteiger partial charge on any atom is 0.254 e. The minimum atomic E-state index is -0.823. The molecule has 0 aromatic heterocycles. The number of aliphatic hydroxyl groups excluding tert-OH is 2. The number of carbonyl (C=O) groups is 1. The van der Waals surface area contributed by atoms with Crippen LogP contribution >= 0.6 is 0 Å². The highest BCUT2D eigenvalue weighted by molar-refractivity contribution is 5.95. The molecule has 0 fully saturated rings. The molecule has 4 heteroatoms. The maximum absolute atomic E-state index is 12.3. The van der Waals surface area contributed by atoms with Crippen molar-refractivity contribution < 1.29 is 15.0 Å². The van der Waals surface area contributed by atoms with Crippen molar-refractivity contribution in [2.24, 2.45) is 0 Å². The molecule has 1 amide bonds. The zero-order valence-corrected chi connectivity index (χ0v) is 11.0. The summed E-state index contributed by atoms with van der Waals surface area (Å²) in [4.78, 5) is 14.0. The van der Waals surface area contributed by atoms with Crippen LogP contribution in [0.4, 0.5) is 0 Å². The Balaban J connectivity index is 2.97. The average Bonchev–Trinajstić information content (AvgIpc) is 2.40. The van der Waals surface area contributed by atoms with E-state index in [0.29, 0.717) is 25.1 Å². The largest absolute Gasteiger partial charge is 0.394 e.